The lowest BCUT2D eigenvalue weighted by atomic mass is 10.1. The Morgan fingerprint density at radius 3 is 2.60 bits per heavy atom. The molecule has 3 aromatic heterocycles. The molecule has 0 N–H and O–H groups in total. The van der Waals surface area contributed by atoms with Crippen molar-refractivity contribution in [3.63, 3.8) is 0 Å². The summed E-state index contributed by atoms with van der Waals surface area (Å²) >= 11 is 0. The largest absolute Gasteiger partial charge is 0.422 e. The number of aromatic nitrogens is 4. The number of anilines is 1. The van der Waals surface area contributed by atoms with Gasteiger partial charge in [-0.1, -0.05) is 18.2 Å². The lowest BCUT2D eigenvalue weighted by molar-refractivity contribution is 0.0742. The zero-order valence-corrected chi connectivity index (χ0v) is 16.0. The van der Waals surface area contributed by atoms with Crippen molar-refractivity contribution in [2.45, 2.75) is 0 Å². The quantitative estimate of drug-likeness (QED) is 0.482. The number of benzene rings is 1. The SMILES string of the molecule is O=C(c1cc2ccccc2oc1=O)N1CCN(c2cc(-n3ccnc3)ncn2)CC1. The Morgan fingerprint density at radius 1 is 1.00 bits per heavy atom. The van der Waals surface area contributed by atoms with Crippen molar-refractivity contribution in [2.75, 3.05) is 31.1 Å². The van der Waals surface area contributed by atoms with E-state index in [0.717, 1.165) is 17.0 Å². The van der Waals surface area contributed by atoms with Gasteiger partial charge in [0, 0.05) is 50.0 Å². The van der Waals surface area contributed by atoms with Crippen molar-refractivity contribution in [1.82, 2.24) is 24.4 Å². The highest BCUT2D eigenvalue weighted by molar-refractivity contribution is 5.96. The molecular formula is C21H18N6O3. The molecule has 30 heavy (non-hydrogen) atoms. The average molecular weight is 402 g/mol. The van der Waals surface area contributed by atoms with Gasteiger partial charge in [-0.05, 0) is 12.1 Å². The number of piperazine rings is 1. The number of carbonyl (C=O) groups excluding carboxylic acids is 1. The summed E-state index contributed by atoms with van der Waals surface area (Å²) in [6, 6.07) is 10.7. The maximum atomic E-state index is 12.9. The first kappa shape index (κ1) is 18.0. The van der Waals surface area contributed by atoms with Crippen LogP contribution in [0, 0.1) is 0 Å². The molecule has 0 atom stereocenters. The second-order valence-corrected chi connectivity index (χ2v) is 6.97. The summed E-state index contributed by atoms with van der Waals surface area (Å²) in [4.78, 5) is 41.7. The average Bonchev–Trinajstić information content (AvgIpc) is 3.33. The van der Waals surface area contributed by atoms with Crippen LogP contribution in [0.2, 0.25) is 0 Å². The third kappa shape index (κ3) is 3.30. The standard InChI is InChI=1S/C21H18N6O3/c28-20(16-11-15-3-1-2-4-17(15)30-21(16)29)26-9-7-25(8-10-26)18-12-19(24-13-23-18)27-6-5-22-14-27/h1-6,11-14H,7-10H2. The van der Waals surface area contributed by atoms with Gasteiger partial charge >= 0.3 is 5.63 Å². The van der Waals surface area contributed by atoms with Gasteiger partial charge in [-0.15, -0.1) is 0 Å². The first-order valence-electron chi connectivity index (χ1n) is 9.56. The lowest BCUT2D eigenvalue weighted by Crippen LogP contribution is -2.49. The normalized spacial score (nSPS) is 14.3. The van der Waals surface area contributed by atoms with Crippen LogP contribution < -0.4 is 10.5 Å². The van der Waals surface area contributed by atoms with E-state index >= 15 is 0 Å². The smallest absolute Gasteiger partial charge is 0.349 e. The van der Waals surface area contributed by atoms with E-state index in [0.29, 0.717) is 31.8 Å². The van der Waals surface area contributed by atoms with Gasteiger partial charge in [0.25, 0.3) is 5.91 Å². The van der Waals surface area contributed by atoms with Crippen LogP contribution in [0.5, 0.6) is 0 Å². The molecule has 9 heteroatoms. The molecule has 150 valence electrons. The fourth-order valence-corrected chi connectivity index (χ4v) is 3.57. The van der Waals surface area contributed by atoms with Crippen LogP contribution in [0.3, 0.4) is 0 Å². The summed E-state index contributed by atoms with van der Waals surface area (Å²) in [5, 5.41) is 0.729. The Bertz CT molecular complexity index is 1260. The van der Waals surface area contributed by atoms with Gasteiger partial charge in [-0.2, -0.15) is 0 Å². The van der Waals surface area contributed by atoms with E-state index in [1.54, 1.807) is 35.6 Å². The molecule has 0 bridgehead atoms. The van der Waals surface area contributed by atoms with Crippen LogP contribution in [0.25, 0.3) is 16.8 Å². The molecule has 1 aromatic carbocycles. The van der Waals surface area contributed by atoms with Crippen LogP contribution in [0.4, 0.5) is 5.82 Å². The number of fused-ring (bicyclic) bond motifs is 1. The Hall–Kier alpha value is -4.01. The minimum absolute atomic E-state index is 0.0616. The molecular weight excluding hydrogens is 384 g/mol. The summed E-state index contributed by atoms with van der Waals surface area (Å²) in [5.74, 6) is 1.20. The molecule has 1 saturated heterocycles. The van der Waals surface area contributed by atoms with E-state index in [9.17, 15) is 9.59 Å². The van der Waals surface area contributed by atoms with Crippen molar-refractivity contribution >= 4 is 22.7 Å². The van der Waals surface area contributed by atoms with Gasteiger partial charge in [0.15, 0.2) is 0 Å². The Labute approximate surface area is 171 Å². The molecule has 1 fully saturated rings. The first-order chi connectivity index (χ1) is 14.7. The highest BCUT2D eigenvalue weighted by Crippen LogP contribution is 2.18. The van der Waals surface area contributed by atoms with Crippen LogP contribution in [-0.4, -0.2) is 56.5 Å². The van der Waals surface area contributed by atoms with Gasteiger partial charge in [-0.3, -0.25) is 9.36 Å². The van der Waals surface area contributed by atoms with E-state index in [1.165, 1.54) is 6.33 Å². The number of nitrogens with zero attached hydrogens (tertiary/aromatic N) is 6. The van der Waals surface area contributed by atoms with E-state index in [1.807, 2.05) is 29.0 Å². The molecule has 4 heterocycles. The Balaban J connectivity index is 1.32. The van der Waals surface area contributed by atoms with Crippen molar-refractivity contribution < 1.29 is 9.21 Å². The van der Waals surface area contributed by atoms with E-state index in [4.69, 9.17) is 4.42 Å². The minimum Gasteiger partial charge on any atom is -0.422 e. The van der Waals surface area contributed by atoms with Crippen molar-refractivity contribution in [2.24, 2.45) is 0 Å². The van der Waals surface area contributed by atoms with Crippen molar-refractivity contribution in [3.05, 3.63) is 77.4 Å². The topological polar surface area (TPSA) is 97.4 Å². The molecule has 0 radical (unpaired) electrons. The second-order valence-electron chi connectivity index (χ2n) is 6.97. The zero-order valence-electron chi connectivity index (χ0n) is 16.0. The molecule has 1 amide bonds. The molecule has 5 rings (SSSR count). The summed E-state index contributed by atoms with van der Waals surface area (Å²) in [6.07, 6.45) is 6.70. The summed E-state index contributed by atoms with van der Waals surface area (Å²) in [6.45, 7) is 2.17. The lowest BCUT2D eigenvalue weighted by Gasteiger charge is -2.35. The summed E-state index contributed by atoms with van der Waals surface area (Å²) in [7, 11) is 0. The van der Waals surface area contributed by atoms with Crippen LogP contribution in [-0.2, 0) is 0 Å². The first-order valence-corrected chi connectivity index (χ1v) is 9.56. The second kappa shape index (κ2) is 7.43. The third-order valence-electron chi connectivity index (χ3n) is 5.17. The number of para-hydroxylation sites is 1. The van der Waals surface area contributed by atoms with Crippen LogP contribution >= 0.6 is 0 Å². The number of hydrogen-bond donors (Lipinski definition) is 0. The number of rotatable bonds is 3. The fraction of sp³-hybridized carbons (Fsp3) is 0.190. The van der Waals surface area contributed by atoms with Crippen molar-refractivity contribution in [1.29, 1.82) is 0 Å². The predicted molar refractivity (Wildman–Crippen MR) is 110 cm³/mol. The van der Waals surface area contributed by atoms with Crippen LogP contribution in [0.1, 0.15) is 10.4 Å². The van der Waals surface area contributed by atoms with Gasteiger partial charge in [0.2, 0.25) is 0 Å². The maximum Gasteiger partial charge on any atom is 0.349 e. The number of amides is 1. The fourth-order valence-electron chi connectivity index (χ4n) is 3.57. The molecule has 1 aliphatic heterocycles. The van der Waals surface area contributed by atoms with Gasteiger partial charge in [0.1, 0.15) is 35.4 Å². The number of hydrogen-bond acceptors (Lipinski definition) is 7. The van der Waals surface area contributed by atoms with Gasteiger partial charge in [0.05, 0.1) is 0 Å². The van der Waals surface area contributed by atoms with E-state index < -0.39 is 5.63 Å². The molecule has 1 aliphatic rings. The molecule has 0 unspecified atom stereocenters. The van der Waals surface area contributed by atoms with E-state index in [2.05, 4.69) is 19.9 Å². The van der Waals surface area contributed by atoms with Gasteiger partial charge < -0.3 is 14.2 Å². The molecule has 0 saturated carbocycles. The Kier molecular flexibility index (Phi) is 4.47. The monoisotopic (exact) mass is 402 g/mol. The van der Waals surface area contributed by atoms with Crippen molar-refractivity contribution in [3.8, 4) is 5.82 Å². The number of imidazole rings is 1. The van der Waals surface area contributed by atoms with Gasteiger partial charge in [-0.25, -0.2) is 19.7 Å². The van der Waals surface area contributed by atoms with E-state index in [-0.39, 0.29) is 11.5 Å². The molecule has 4 aromatic rings. The van der Waals surface area contributed by atoms with Crippen LogP contribution in [0.15, 0.2) is 70.7 Å². The highest BCUT2D eigenvalue weighted by Gasteiger charge is 2.25. The molecule has 0 spiro atoms. The Morgan fingerprint density at radius 2 is 1.80 bits per heavy atom. The maximum absolute atomic E-state index is 12.9. The third-order valence-corrected chi connectivity index (χ3v) is 5.17. The summed E-state index contributed by atoms with van der Waals surface area (Å²) < 4.78 is 7.12. The minimum atomic E-state index is -0.609. The zero-order chi connectivity index (χ0) is 20.5. The summed E-state index contributed by atoms with van der Waals surface area (Å²) in [5.41, 5.74) is -0.0742. The predicted octanol–water partition coefficient (Wildman–Crippen LogP) is 1.73. The molecule has 9 nitrogen and oxygen atoms in total. The molecule has 0 aliphatic carbocycles. The highest BCUT2D eigenvalue weighted by atomic mass is 16.4. The number of carbonyl (C=O) groups is 1.